The normalized spacial score (nSPS) is 36.1. The number of hydrogen-bond donors (Lipinski definition) is 3. The third-order valence-electron chi connectivity index (χ3n) is 1.27. The average Bonchev–Trinajstić information content (AvgIpc) is 1.61. The maximum absolute atomic E-state index is 10.0. The summed E-state index contributed by atoms with van der Waals surface area (Å²) in [5, 5.41) is 10.9. The summed E-state index contributed by atoms with van der Waals surface area (Å²) in [5.41, 5.74) is 5.28. The average molecular weight is 116 g/mol. The quantitative estimate of drug-likeness (QED) is 0.384. The van der Waals surface area contributed by atoms with Crippen LogP contribution in [0.15, 0.2) is 0 Å². The number of nitrogens with two attached hydrogens (primary N) is 1. The molecule has 1 rings (SSSR count). The van der Waals surface area contributed by atoms with E-state index >= 15 is 0 Å². The van der Waals surface area contributed by atoms with E-state index < -0.39 is 12.0 Å². The first-order chi connectivity index (χ1) is 3.72. The van der Waals surface area contributed by atoms with Crippen LogP contribution < -0.4 is 11.1 Å². The Bertz CT molecular complexity index is 115. The molecule has 1 saturated heterocycles. The number of carboxylic acid groups (broad SMARTS) is 1. The van der Waals surface area contributed by atoms with Gasteiger partial charge in [-0.25, -0.2) is 0 Å². The van der Waals surface area contributed by atoms with Crippen molar-refractivity contribution in [3.8, 4) is 0 Å². The highest BCUT2D eigenvalue weighted by Crippen LogP contribution is 1.99. The molecular weight excluding hydrogens is 108 g/mol. The molecule has 0 amide bonds. The van der Waals surface area contributed by atoms with Crippen molar-refractivity contribution in [1.82, 2.24) is 5.32 Å². The lowest BCUT2D eigenvalue weighted by atomic mass is 10.0. The van der Waals surface area contributed by atoms with Gasteiger partial charge in [-0.1, -0.05) is 0 Å². The Kier molecular flexibility index (Phi) is 1.19. The Hall–Kier alpha value is -0.610. The van der Waals surface area contributed by atoms with E-state index in [2.05, 4.69) is 5.32 Å². The summed E-state index contributed by atoms with van der Waals surface area (Å²) >= 11 is 0. The summed E-state index contributed by atoms with van der Waals surface area (Å²) in [5.74, 6) is -0.858. The Labute approximate surface area is 46.7 Å². The first-order valence-electron chi connectivity index (χ1n) is 2.43. The zero-order chi connectivity index (χ0) is 6.15. The van der Waals surface area contributed by atoms with Crippen molar-refractivity contribution in [2.24, 2.45) is 5.73 Å². The monoisotopic (exact) mass is 116 g/mol. The standard InChI is InChI=1S/C4H8N2O2/c5-2-1-6-3(2)4(7)8/h2-3,6H,1,5H2,(H,7,8)/t2?,3-/m0/s1. The summed E-state index contributed by atoms with van der Waals surface area (Å²) in [6.45, 7) is 0.622. The Balaban J connectivity index is 2.37. The predicted molar refractivity (Wildman–Crippen MR) is 27.4 cm³/mol. The van der Waals surface area contributed by atoms with Gasteiger partial charge in [0.2, 0.25) is 0 Å². The molecule has 4 nitrogen and oxygen atoms in total. The fourth-order valence-corrected chi connectivity index (χ4v) is 0.642. The molecule has 4 N–H and O–H groups in total. The molecule has 2 atom stereocenters. The molecule has 0 saturated carbocycles. The van der Waals surface area contributed by atoms with Crippen molar-refractivity contribution in [2.75, 3.05) is 6.54 Å². The van der Waals surface area contributed by atoms with Gasteiger partial charge in [-0.15, -0.1) is 0 Å². The molecule has 0 radical (unpaired) electrons. The van der Waals surface area contributed by atoms with Crippen LogP contribution >= 0.6 is 0 Å². The minimum atomic E-state index is -0.858. The SMILES string of the molecule is NC1CN[C@@H]1C(=O)O. The molecule has 0 spiro atoms. The van der Waals surface area contributed by atoms with Crippen LogP contribution in [0, 0.1) is 0 Å². The second-order valence-electron chi connectivity index (χ2n) is 1.89. The smallest absolute Gasteiger partial charge is 0.322 e. The molecule has 1 unspecified atom stereocenters. The molecule has 4 heteroatoms. The van der Waals surface area contributed by atoms with Crippen LogP contribution in [-0.2, 0) is 4.79 Å². The van der Waals surface area contributed by atoms with E-state index in [4.69, 9.17) is 10.8 Å². The lowest BCUT2D eigenvalue weighted by Crippen LogP contribution is -2.65. The molecule has 1 aliphatic rings. The molecule has 0 aromatic carbocycles. The van der Waals surface area contributed by atoms with Gasteiger partial charge >= 0.3 is 5.97 Å². The Morgan fingerprint density at radius 2 is 2.50 bits per heavy atom. The summed E-state index contributed by atoms with van der Waals surface area (Å²) < 4.78 is 0. The van der Waals surface area contributed by atoms with Crippen molar-refractivity contribution < 1.29 is 9.90 Å². The molecule has 0 aromatic heterocycles. The molecule has 1 heterocycles. The lowest BCUT2D eigenvalue weighted by Gasteiger charge is -2.31. The van der Waals surface area contributed by atoms with E-state index in [1.807, 2.05) is 0 Å². The van der Waals surface area contributed by atoms with Crippen LogP contribution in [0.25, 0.3) is 0 Å². The third kappa shape index (κ3) is 0.677. The molecule has 1 fully saturated rings. The van der Waals surface area contributed by atoms with Crippen LogP contribution in [0.4, 0.5) is 0 Å². The Morgan fingerprint density at radius 1 is 1.88 bits per heavy atom. The van der Waals surface area contributed by atoms with E-state index in [9.17, 15) is 4.79 Å². The van der Waals surface area contributed by atoms with Crippen molar-refractivity contribution in [3.63, 3.8) is 0 Å². The number of nitrogens with one attached hydrogen (secondary N) is 1. The van der Waals surface area contributed by atoms with Gasteiger partial charge in [-0.05, 0) is 0 Å². The number of carbonyl (C=O) groups is 1. The van der Waals surface area contributed by atoms with E-state index in [1.54, 1.807) is 0 Å². The highest BCUT2D eigenvalue weighted by atomic mass is 16.4. The third-order valence-corrected chi connectivity index (χ3v) is 1.27. The van der Waals surface area contributed by atoms with Crippen molar-refractivity contribution in [3.05, 3.63) is 0 Å². The molecule has 1 aliphatic heterocycles. The molecule has 46 valence electrons. The molecule has 0 aromatic rings. The number of hydrogen-bond acceptors (Lipinski definition) is 3. The summed E-state index contributed by atoms with van der Waals surface area (Å²) in [6.07, 6.45) is 0. The van der Waals surface area contributed by atoms with Crippen molar-refractivity contribution in [1.29, 1.82) is 0 Å². The summed E-state index contributed by atoms with van der Waals surface area (Å²) in [7, 11) is 0. The predicted octanol–water partition coefficient (Wildman–Crippen LogP) is -1.63. The topological polar surface area (TPSA) is 75.3 Å². The largest absolute Gasteiger partial charge is 0.480 e. The first kappa shape index (κ1) is 5.53. The maximum Gasteiger partial charge on any atom is 0.322 e. The van der Waals surface area contributed by atoms with E-state index in [1.165, 1.54) is 0 Å². The van der Waals surface area contributed by atoms with Crippen molar-refractivity contribution >= 4 is 5.97 Å². The summed E-state index contributed by atoms with van der Waals surface area (Å²) in [6, 6.07) is -0.692. The second kappa shape index (κ2) is 1.72. The molecule has 0 bridgehead atoms. The number of rotatable bonds is 1. The van der Waals surface area contributed by atoms with E-state index in [0.29, 0.717) is 6.54 Å². The molecule has 0 aliphatic carbocycles. The van der Waals surface area contributed by atoms with Gasteiger partial charge in [0.15, 0.2) is 0 Å². The Morgan fingerprint density at radius 3 is 2.50 bits per heavy atom. The van der Waals surface area contributed by atoms with E-state index in [-0.39, 0.29) is 6.04 Å². The zero-order valence-electron chi connectivity index (χ0n) is 4.29. The molecule has 8 heavy (non-hydrogen) atoms. The number of aliphatic carboxylic acids is 1. The van der Waals surface area contributed by atoms with Gasteiger partial charge in [0.05, 0.1) is 0 Å². The van der Waals surface area contributed by atoms with Crippen LogP contribution in [0.3, 0.4) is 0 Å². The maximum atomic E-state index is 10.0. The highest BCUT2D eigenvalue weighted by molar-refractivity contribution is 5.75. The lowest BCUT2D eigenvalue weighted by molar-refractivity contribution is -0.141. The van der Waals surface area contributed by atoms with Crippen molar-refractivity contribution in [2.45, 2.75) is 12.1 Å². The fourth-order valence-electron chi connectivity index (χ4n) is 0.642. The van der Waals surface area contributed by atoms with Gasteiger partial charge < -0.3 is 16.2 Å². The van der Waals surface area contributed by atoms with Gasteiger partial charge in [0, 0.05) is 12.6 Å². The molecular formula is C4H8N2O2. The zero-order valence-corrected chi connectivity index (χ0v) is 4.29. The highest BCUT2D eigenvalue weighted by Gasteiger charge is 2.32. The van der Waals surface area contributed by atoms with Crippen LogP contribution in [0.5, 0.6) is 0 Å². The summed E-state index contributed by atoms with van der Waals surface area (Å²) in [4.78, 5) is 10.0. The van der Waals surface area contributed by atoms with Crippen LogP contribution in [-0.4, -0.2) is 29.7 Å². The number of carboxylic acids is 1. The first-order valence-corrected chi connectivity index (χ1v) is 2.43. The van der Waals surface area contributed by atoms with Gasteiger partial charge in [0.25, 0.3) is 0 Å². The van der Waals surface area contributed by atoms with E-state index in [0.717, 1.165) is 0 Å². The minimum Gasteiger partial charge on any atom is -0.480 e. The van der Waals surface area contributed by atoms with Gasteiger partial charge in [-0.2, -0.15) is 0 Å². The van der Waals surface area contributed by atoms with Crippen LogP contribution in [0.2, 0.25) is 0 Å². The fraction of sp³-hybridized carbons (Fsp3) is 0.750. The second-order valence-corrected chi connectivity index (χ2v) is 1.89. The van der Waals surface area contributed by atoms with Crippen LogP contribution in [0.1, 0.15) is 0 Å². The van der Waals surface area contributed by atoms with Gasteiger partial charge in [0.1, 0.15) is 6.04 Å². The van der Waals surface area contributed by atoms with Gasteiger partial charge in [-0.3, -0.25) is 4.79 Å². The minimum absolute atomic E-state index is 0.188.